The molecule has 3 heteroatoms. The van der Waals surface area contributed by atoms with Crippen LogP contribution in [0, 0.1) is 6.92 Å². The summed E-state index contributed by atoms with van der Waals surface area (Å²) in [7, 11) is 4.09. The largest absolute Gasteiger partial charge is 0.385 e. The molecule has 0 radical (unpaired) electrons. The molecule has 2 N–H and O–H groups in total. The molecule has 18 heavy (non-hydrogen) atoms. The SMILES string of the molecule is Cc1cccc2c1cc(-c1ccc(N)n1C)n2C. The second-order valence-electron chi connectivity index (χ2n) is 4.80. The van der Waals surface area contributed by atoms with Crippen molar-refractivity contribution in [3.8, 4) is 11.4 Å². The molecule has 0 aliphatic rings. The summed E-state index contributed by atoms with van der Waals surface area (Å²) in [6.45, 7) is 2.14. The smallest absolute Gasteiger partial charge is 0.103 e. The van der Waals surface area contributed by atoms with E-state index in [9.17, 15) is 0 Å². The molecular formula is C15H17N3. The summed E-state index contributed by atoms with van der Waals surface area (Å²) in [5, 5.41) is 1.30. The van der Waals surface area contributed by atoms with E-state index in [1.165, 1.54) is 22.2 Å². The fourth-order valence-corrected chi connectivity index (χ4v) is 2.54. The summed E-state index contributed by atoms with van der Waals surface area (Å²) >= 11 is 0. The summed E-state index contributed by atoms with van der Waals surface area (Å²) in [6.07, 6.45) is 0. The number of rotatable bonds is 1. The average Bonchev–Trinajstić information content (AvgIpc) is 2.84. The fraction of sp³-hybridized carbons (Fsp3) is 0.200. The number of hydrogen-bond donors (Lipinski definition) is 1. The van der Waals surface area contributed by atoms with Crippen LogP contribution >= 0.6 is 0 Å². The highest BCUT2D eigenvalue weighted by Gasteiger charge is 2.12. The Morgan fingerprint density at radius 2 is 1.72 bits per heavy atom. The molecule has 3 rings (SSSR count). The number of anilines is 1. The van der Waals surface area contributed by atoms with E-state index in [1.54, 1.807) is 0 Å². The van der Waals surface area contributed by atoms with Gasteiger partial charge in [-0.2, -0.15) is 0 Å². The van der Waals surface area contributed by atoms with Crippen LogP contribution in [0.3, 0.4) is 0 Å². The van der Waals surface area contributed by atoms with Gasteiger partial charge in [0.15, 0.2) is 0 Å². The highest BCUT2D eigenvalue weighted by atomic mass is 15.1. The Morgan fingerprint density at radius 1 is 0.944 bits per heavy atom. The number of aromatic nitrogens is 2. The fourth-order valence-electron chi connectivity index (χ4n) is 2.54. The highest BCUT2D eigenvalue weighted by Crippen LogP contribution is 2.30. The van der Waals surface area contributed by atoms with Crippen LogP contribution in [-0.2, 0) is 14.1 Å². The molecular weight excluding hydrogens is 222 g/mol. The van der Waals surface area contributed by atoms with Crippen LogP contribution in [0.1, 0.15) is 5.56 Å². The minimum atomic E-state index is 0.784. The van der Waals surface area contributed by atoms with E-state index in [1.807, 2.05) is 17.7 Å². The van der Waals surface area contributed by atoms with Crippen LogP contribution in [0.2, 0.25) is 0 Å². The van der Waals surface area contributed by atoms with E-state index in [0.29, 0.717) is 0 Å². The summed E-state index contributed by atoms with van der Waals surface area (Å²) in [6, 6.07) is 12.6. The predicted octanol–water partition coefficient (Wildman–Crippen LogP) is 3.07. The predicted molar refractivity (Wildman–Crippen MR) is 76.5 cm³/mol. The number of nitrogens with zero attached hydrogens (tertiary/aromatic N) is 2. The normalized spacial score (nSPS) is 11.3. The van der Waals surface area contributed by atoms with Gasteiger partial charge in [-0.05, 0) is 36.8 Å². The zero-order valence-corrected chi connectivity index (χ0v) is 10.9. The molecule has 0 aliphatic heterocycles. The quantitative estimate of drug-likeness (QED) is 0.696. The second kappa shape index (κ2) is 3.67. The molecule has 2 aromatic heterocycles. The second-order valence-corrected chi connectivity index (χ2v) is 4.80. The standard InChI is InChI=1S/C15H17N3/c1-10-5-4-6-12-11(10)9-14(17(12)2)13-7-8-15(16)18(13)3/h4-9H,16H2,1-3H3. The topological polar surface area (TPSA) is 35.9 Å². The summed E-state index contributed by atoms with van der Waals surface area (Å²) < 4.78 is 4.24. The monoisotopic (exact) mass is 239 g/mol. The first-order chi connectivity index (χ1) is 8.59. The van der Waals surface area contributed by atoms with Crippen molar-refractivity contribution < 1.29 is 0 Å². The van der Waals surface area contributed by atoms with Crippen LogP contribution in [0.5, 0.6) is 0 Å². The number of nitrogens with two attached hydrogens (primary N) is 1. The van der Waals surface area contributed by atoms with Gasteiger partial charge in [0.1, 0.15) is 5.82 Å². The molecule has 0 fully saturated rings. The zero-order valence-electron chi connectivity index (χ0n) is 10.9. The van der Waals surface area contributed by atoms with Gasteiger partial charge in [0.25, 0.3) is 0 Å². The minimum Gasteiger partial charge on any atom is -0.385 e. The van der Waals surface area contributed by atoms with Crippen molar-refractivity contribution in [2.24, 2.45) is 14.1 Å². The van der Waals surface area contributed by atoms with Gasteiger partial charge < -0.3 is 14.9 Å². The number of hydrogen-bond acceptors (Lipinski definition) is 1. The van der Waals surface area contributed by atoms with Crippen molar-refractivity contribution in [3.63, 3.8) is 0 Å². The molecule has 2 heterocycles. The van der Waals surface area contributed by atoms with Gasteiger partial charge in [0.05, 0.1) is 11.4 Å². The third kappa shape index (κ3) is 1.37. The lowest BCUT2D eigenvalue weighted by Gasteiger charge is -2.06. The van der Waals surface area contributed by atoms with Gasteiger partial charge in [-0.15, -0.1) is 0 Å². The molecule has 0 unspecified atom stereocenters. The molecule has 0 atom stereocenters. The van der Waals surface area contributed by atoms with E-state index < -0.39 is 0 Å². The van der Waals surface area contributed by atoms with Crippen molar-refractivity contribution in [2.45, 2.75) is 6.92 Å². The molecule has 0 saturated heterocycles. The average molecular weight is 239 g/mol. The molecule has 1 aromatic carbocycles. The Balaban J connectivity index is 2.34. The van der Waals surface area contributed by atoms with Crippen molar-refractivity contribution in [1.29, 1.82) is 0 Å². The first-order valence-corrected chi connectivity index (χ1v) is 6.06. The lowest BCUT2D eigenvalue weighted by atomic mass is 10.1. The Kier molecular flexibility index (Phi) is 2.23. The van der Waals surface area contributed by atoms with Crippen molar-refractivity contribution in [2.75, 3.05) is 5.73 Å². The first-order valence-electron chi connectivity index (χ1n) is 6.06. The maximum Gasteiger partial charge on any atom is 0.103 e. The maximum absolute atomic E-state index is 5.91. The van der Waals surface area contributed by atoms with Crippen LogP contribution in [0.25, 0.3) is 22.3 Å². The Labute approximate surface area is 106 Å². The third-order valence-electron chi connectivity index (χ3n) is 3.73. The van der Waals surface area contributed by atoms with Crippen molar-refractivity contribution in [3.05, 3.63) is 42.0 Å². The van der Waals surface area contributed by atoms with E-state index in [-0.39, 0.29) is 0 Å². The van der Waals surface area contributed by atoms with Gasteiger partial charge in [-0.25, -0.2) is 0 Å². The van der Waals surface area contributed by atoms with E-state index in [0.717, 1.165) is 11.5 Å². The molecule has 0 amide bonds. The van der Waals surface area contributed by atoms with Crippen LogP contribution in [-0.4, -0.2) is 9.13 Å². The van der Waals surface area contributed by atoms with Gasteiger partial charge in [0.2, 0.25) is 0 Å². The maximum atomic E-state index is 5.91. The Hall–Kier alpha value is -2.16. The van der Waals surface area contributed by atoms with Crippen LogP contribution in [0.4, 0.5) is 5.82 Å². The van der Waals surface area contributed by atoms with Crippen molar-refractivity contribution >= 4 is 16.7 Å². The molecule has 0 saturated carbocycles. The molecule has 0 aliphatic carbocycles. The van der Waals surface area contributed by atoms with Crippen LogP contribution < -0.4 is 5.73 Å². The summed E-state index contributed by atoms with van der Waals surface area (Å²) in [5.74, 6) is 0.784. The molecule has 0 bridgehead atoms. The van der Waals surface area contributed by atoms with E-state index in [4.69, 9.17) is 5.73 Å². The van der Waals surface area contributed by atoms with Crippen LogP contribution in [0.15, 0.2) is 36.4 Å². The number of benzene rings is 1. The third-order valence-corrected chi connectivity index (χ3v) is 3.73. The summed E-state index contributed by atoms with van der Waals surface area (Å²) in [5.41, 5.74) is 10.8. The molecule has 3 aromatic rings. The minimum absolute atomic E-state index is 0.784. The number of nitrogen functional groups attached to an aromatic ring is 1. The Morgan fingerprint density at radius 3 is 2.33 bits per heavy atom. The lowest BCUT2D eigenvalue weighted by molar-refractivity contribution is 0.909. The number of fused-ring (bicyclic) bond motifs is 1. The van der Waals surface area contributed by atoms with Gasteiger partial charge in [-0.3, -0.25) is 0 Å². The van der Waals surface area contributed by atoms with Gasteiger partial charge in [-0.1, -0.05) is 12.1 Å². The van der Waals surface area contributed by atoms with E-state index in [2.05, 4.69) is 48.9 Å². The highest BCUT2D eigenvalue weighted by molar-refractivity contribution is 5.89. The lowest BCUT2D eigenvalue weighted by Crippen LogP contribution is -2.00. The number of aryl methyl sites for hydroxylation is 2. The van der Waals surface area contributed by atoms with Crippen molar-refractivity contribution in [1.82, 2.24) is 9.13 Å². The molecule has 0 spiro atoms. The summed E-state index contributed by atoms with van der Waals surface area (Å²) in [4.78, 5) is 0. The first kappa shape index (κ1) is 11.0. The van der Waals surface area contributed by atoms with Gasteiger partial charge >= 0.3 is 0 Å². The molecule has 92 valence electrons. The molecule has 3 nitrogen and oxygen atoms in total. The Bertz CT molecular complexity index is 732. The van der Waals surface area contributed by atoms with E-state index >= 15 is 0 Å². The zero-order chi connectivity index (χ0) is 12.9. The van der Waals surface area contributed by atoms with Gasteiger partial charge in [0, 0.05) is 25.0 Å².